The van der Waals surface area contributed by atoms with Gasteiger partial charge in [0.1, 0.15) is 10.7 Å². The maximum atomic E-state index is 12.9. The van der Waals surface area contributed by atoms with Gasteiger partial charge in [0.05, 0.1) is 29.5 Å². The van der Waals surface area contributed by atoms with Crippen molar-refractivity contribution in [3.8, 4) is 0 Å². The highest BCUT2D eigenvalue weighted by Gasteiger charge is 2.25. The second-order valence-corrected chi connectivity index (χ2v) is 8.97. The number of nitrogens with zero attached hydrogens (tertiary/aromatic N) is 7. The fraction of sp³-hybridized carbons (Fsp3) is 0.400. The van der Waals surface area contributed by atoms with Crippen LogP contribution >= 0.6 is 0 Å². The Bertz CT molecular complexity index is 1140. The third-order valence-corrected chi connectivity index (χ3v) is 6.94. The molecule has 1 fully saturated rings. The van der Waals surface area contributed by atoms with Gasteiger partial charge in [-0.25, -0.2) is 23.4 Å². The van der Waals surface area contributed by atoms with Crippen LogP contribution in [0.3, 0.4) is 0 Å². The highest BCUT2D eigenvalue weighted by Crippen LogP contribution is 2.23. The van der Waals surface area contributed by atoms with Crippen LogP contribution in [-0.2, 0) is 16.6 Å². The molecule has 3 aromatic rings. The molecule has 4 rings (SSSR count). The van der Waals surface area contributed by atoms with Crippen molar-refractivity contribution in [3.05, 3.63) is 48.2 Å². The molecule has 1 N–H and O–H groups in total. The summed E-state index contributed by atoms with van der Waals surface area (Å²) in [5.74, 6) is 1.54. The van der Waals surface area contributed by atoms with E-state index in [4.69, 9.17) is 0 Å². The van der Waals surface area contributed by atoms with Gasteiger partial charge in [-0.2, -0.15) is 5.10 Å². The molecule has 164 valence electrons. The monoisotopic (exact) mass is 442 g/mol. The lowest BCUT2D eigenvalue weighted by Crippen LogP contribution is -2.47. The Labute approximate surface area is 182 Å². The molecule has 0 radical (unpaired) electrons. The van der Waals surface area contributed by atoms with Crippen LogP contribution in [0.5, 0.6) is 0 Å². The molecule has 0 unspecified atom stereocenters. The van der Waals surface area contributed by atoms with E-state index in [1.807, 2.05) is 25.1 Å². The van der Waals surface area contributed by atoms with Gasteiger partial charge in [0.2, 0.25) is 5.95 Å². The van der Waals surface area contributed by atoms with Crippen LogP contribution in [0.1, 0.15) is 18.3 Å². The summed E-state index contributed by atoms with van der Waals surface area (Å²) in [6, 6.07) is 5.89. The fourth-order valence-electron chi connectivity index (χ4n) is 3.80. The molecule has 4 heterocycles. The van der Waals surface area contributed by atoms with Gasteiger partial charge in [0.25, 0.3) is 10.0 Å². The van der Waals surface area contributed by atoms with Gasteiger partial charge in [-0.3, -0.25) is 9.40 Å². The smallest absolute Gasteiger partial charge is 0.265 e. The van der Waals surface area contributed by atoms with E-state index >= 15 is 0 Å². The number of anilines is 3. The molecule has 0 aromatic carbocycles. The van der Waals surface area contributed by atoms with Crippen molar-refractivity contribution in [1.82, 2.24) is 24.7 Å². The summed E-state index contributed by atoms with van der Waals surface area (Å²) in [4.78, 5) is 17.7. The van der Waals surface area contributed by atoms with Gasteiger partial charge < -0.3 is 9.80 Å². The highest BCUT2D eigenvalue weighted by molar-refractivity contribution is 7.92. The normalized spacial score (nSPS) is 14.7. The van der Waals surface area contributed by atoms with Gasteiger partial charge in [-0.15, -0.1) is 0 Å². The number of hydrogen-bond donors (Lipinski definition) is 1. The van der Waals surface area contributed by atoms with Crippen LogP contribution in [0.15, 0.2) is 41.7 Å². The maximum Gasteiger partial charge on any atom is 0.265 e. The van der Waals surface area contributed by atoms with Crippen LogP contribution in [0.2, 0.25) is 0 Å². The van der Waals surface area contributed by atoms with E-state index in [0.29, 0.717) is 29.6 Å². The van der Waals surface area contributed by atoms with Gasteiger partial charge >= 0.3 is 0 Å². The second-order valence-electron chi connectivity index (χ2n) is 7.35. The molecule has 3 aromatic heterocycles. The average molecular weight is 443 g/mol. The Morgan fingerprint density at radius 2 is 1.68 bits per heavy atom. The molecule has 11 heteroatoms. The zero-order valence-electron chi connectivity index (χ0n) is 17.9. The van der Waals surface area contributed by atoms with Crippen LogP contribution in [-0.4, -0.2) is 59.3 Å². The molecule has 10 nitrogen and oxygen atoms in total. The van der Waals surface area contributed by atoms with Crippen molar-refractivity contribution >= 4 is 27.5 Å². The fourth-order valence-corrected chi connectivity index (χ4v) is 5.24. The van der Waals surface area contributed by atoms with E-state index in [2.05, 4.69) is 34.6 Å². The highest BCUT2D eigenvalue weighted by atomic mass is 32.2. The molecule has 0 aliphatic carbocycles. The standard InChI is InChI=1S/C20H26N8O2S/c1-4-28-16(3)19(15(2)24-28)31(29,30)25-17-13-22-20(23-14-17)27-11-9-26(10-12-27)18-7-5-6-8-21-18/h5-8,13-14,25H,4,9-12H2,1-3H3. The largest absolute Gasteiger partial charge is 0.353 e. The van der Waals surface area contributed by atoms with Gasteiger partial charge in [0, 0.05) is 38.9 Å². The molecule has 1 saturated heterocycles. The number of piperazine rings is 1. The topological polar surface area (TPSA) is 109 Å². The summed E-state index contributed by atoms with van der Waals surface area (Å²) in [7, 11) is -3.78. The lowest BCUT2D eigenvalue weighted by molar-refractivity contribution is 0.598. The number of aryl methyl sites for hydroxylation is 2. The molecular weight excluding hydrogens is 416 g/mol. The number of hydrogen-bond acceptors (Lipinski definition) is 8. The minimum atomic E-state index is -3.78. The third kappa shape index (κ3) is 4.31. The first-order chi connectivity index (χ1) is 14.9. The number of rotatable bonds is 6. The van der Waals surface area contributed by atoms with E-state index in [1.165, 1.54) is 12.4 Å². The van der Waals surface area contributed by atoms with Crippen LogP contribution in [0, 0.1) is 13.8 Å². The lowest BCUT2D eigenvalue weighted by atomic mass is 10.3. The van der Waals surface area contributed by atoms with E-state index in [0.717, 1.165) is 32.0 Å². The summed E-state index contributed by atoms with van der Waals surface area (Å²) in [5.41, 5.74) is 1.39. The first-order valence-corrected chi connectivity index (χ1v) is 11.7. The predicted octanol–water partition coefficient (Wildman–Crippen LogP) is 1.83. The minimum Gasteiger partial charge on any atom is -0.353 e. The van der Waals surface area contributed by atoms with Crippen molar-refractivity contribution < 1.29 is 8.42 Å². The van der Waals surface area contributed by atoms with Crippen molar-refractivity contribution in [1.29, 1.82) is 0 Å². The van der Waals surface area contributed by atoms with Crippen LogP contribution in [0.25, 0.3) is 0 Å². The molecular formula is C20H26N8O2S. The number of sulfonamides is 1. The summed E-state index contributed by atoms with van der Waals surface area (Å²) in [6.07, 6.45) is 4.79. The Morgan fingerprint density at radius 3 is 2.26 bits per heavy atom. The van der Waals surface area contributed by atoms with Crippen molar-refractivity contribution in [2.24, 2.45) is 0 Å². The Morgan fingerprint density at radius 1 is 1.00 bits per heavy atom. The summed E-state index contributed by atoms with van der Waals surface area (Å²) < 4.78 is 30.0. The molecule has 0 bridgehead atoms. The van der Waals surface area contributed by atoms with Gasteiger partial charge in [0.15, 0.2) is 0 Å². The summed E-state index contributed by atoms with van der Waals surface area (Å²) in [5, 5.41) is 4.29. The van der Waals surface area contributed by atoms with E-state index in [1.54, 1.807) is 24.7 Å². The number of aromatic nitrogens is 5. The third-order valence-electron chi connectivity index (χ3n) is 5.31. The Kier molecular flexibility index (Phi) is 5.77. The first-order valence-electron chi connectivity index (χ1n) is 10.2. The molecule has 0 amide bonds. The predicted molar refractivity (Wildman–Crippen MR) is 119 cm³/mol. The second kappa shape index (κ2) is 8.50. The molecule has 0 saturated carbocycles. The minimum absolute atomic E-state index is 0.198. The maximum absolute atomic E-state index is 12.9. The Hall–Kier alpha value is -3.21. The number of pyridine rings is 1. The van der Waals surface area contributed by atoms with Crippen molar-refractivity contribution in [3.63, 3.8) is 0 Å². The van der Waals surface area contributed by atoms with E-state index in [9.17, 15) is 8.42 Å². The molecule has 0 atom stereocenters. The summed E-state index contributed by atoms with van der Waals surface area (Å²) in [6.45, 7) is 9.12. The first kappa shape index (κ1) is 21.0. The van der Waals surface area contributed by atoms with Crippen molar-refractivity contribution in [2.75, 3.05) is 40.7 Å². The molecule has 1 aliphatic heterocycles. The quantitative estimate of drug-likeness (QED) is 0.616. The molecule has 31 heavy (non-hydrogen) atoms. The van der Waals surface area contributed by atoms with Crippen molar-refractivity contribution in [2.45, 2.75) is 32.2 Å². The van der Waals surface area contributed by atoms with Gasteiger partial charge in [-0.05, 0) is 32.9 Å². The van der Waals surface area contributed by atoms with E-state index < -0.39 is 10.0 Å². The van der Waals surface area contributed by atoms with E-state index in [-0.39, 0.29) is 4.90 Å². The molecule has 1 aliphatic rings. The van der Waals surface area contributed by atoms with Crippen LogP contribution < -0.4 is 14.5 Å². The zero-order valence-corrected chi connectivity index (χ0v) is 18.7. The van der Waals surface area contributed by atoms with Gasteiger partial charge in [-0.1, -0.05) is 6.07 Å². The summed E-state index contributed by atoms with van der Waals surface area (Å²) >= 11 is 0. The SMILES string of the molecule is CCn1nc(C)c(S(=O)(=O)Nc2cnc(N3CCN(c4ccccn4)CC3)nc2)c1C. The zero-order chi connectivity index (χ0) is 22.0. The molecule has 0 spiro atoms. The number of nitrogens with one attached hydrogen (secondary N) is 1. The average Bonchev–Trinajstić information content (AvgIpc) is 3.08. The lowest BCUT2D eigenvalue weighted by Gasteiger charge is -2.35. The Balaban J connectivity index is 1.43. The van der Waals surface area contributed by atoms with Crippen LogP contribution in [0.4, 0.5) is 17.5 Å².